The Morgan fingerprint density at radius 1 is 1.13 bits per heavy atom. The average Bonchev–Trinajstić information content (AvgIpc) is 3.46. The Hall–Kier alpha value is -3.30. The van der Waals surface area contributed by atoms with E-state index in [9.17, 15) is 9.18 Å². The lowest BCUT2D eigenvalue weighted by Gasteiger charge is -2.32. The number of rotatable bonds is 4. The molecule has 2 amide bonds. The van der Waals surface area contributed by atoms with Crippen molar-refractivity contribution in [3.63, 3.8) is 0 Å². The van der Waals surface area contributed by atoms with Crippen LogP contribution in [0, 0.1) is 5.82 Å². The van der Waals surface area contributed by atoms with Gasteiger partial charge in [0.25, 0.3) is 0 Å². The number of hydrogen-bond donors (Lipinski definition) is 3. The second kappa shape index (κ2) is 8.44. The van der Waals surface area contributed by atoms with Crippen LogP contribution in [0.5, 0.6) is 0 Å². The molecule has 1 saturated carbocycles. The second-order valence-corrected chi connectivity index (χ2v) is 8.23. The first-order chi connectivity index (χ1) is 15.2. The van der Waals surface area contributed by atoms with E-state index < -0.39 is 5.82 Å². The quantitative estimate of drug-likeness (QED) is 0.593. The monoisotopic (exact) mass is 424 g/mol. The van der Waals surface area contributed by atoms with Crippen LogP contribution < -0.4 is 10.6 Å². The fourth-order valence-electron chi connectivity index (χ4n) is 4.47. The number of anilines is 1. The maximum atomic E-state index is 14.5. The number of carbonyl (C=O) groups excluding carboxylic acids is 1. The molecule has 10 heteroatoms. The number of likely N-dealkylation sites (tertiary alicyclic amines) is 1. The van der Waals surface area contributed by atoms with E-state index >= 15 is 0 Å². The molecule has 2 atom stereocenters. The number of aromatic amines is 1. The molecule has 162 valence electrons. The summed E-state index contributed by atoms with van der Waals surface area (Å²) in [5.41, 5.74) is 1.40. The Bertz CT molecular complexity index is 1080. The molecule has 1 aliphatic carbocycles. The number of H-pyrrole nitrogens is 1. The van der Waals surface area contributed by atoms with Gasteiger partial charge in [-0.1, -0.05) is 0 Å². The summed E-state index contributed by atoms with van der Waals surface area (Å²) in [6.45, 7) is 1.65. The van der Waals surface area contributed by atoms with Crippen LogP contribution in [0.2, 0.25) is 0 Å². The summed E-state index contributed by atoms with van der Waals surface area (Å²) in [7, 11) is 0. The van der Waals surface area contributed by atoms with E-state index in [0.29, 0.717) is 11.5 Å². The molecule has 0 unspecified atom stereocenters. The van der Waals surface area contributed by atoms with Crippen LogP contribution in [0.3, 0.4) is 0 Å². The highest BCUT2D eigenvalue weighted by Gasteiger charge is 2.27. The number of urea groups is 1. The van der Waals surface area contributed by atoms with Gasteiger partial charge < -0.3 is 20.5 Å². The molecule has 3 aromatic heterocycles. The predicted octanol–water partition coefficient (Wildman–Crippen LogP) is 3.08. The Morgan fingerprint density at radius 3 is 2.84 bits per heavy atom. The van der Waals surface area contributed by atoms with Crippen molar-refractivity contribution in [1.82, 2.24) is 35.1 Å². The Morgan fingerprint density at radius 2 is 1.97 bits per heavy atom. The zero-order chi connectivity index (χ0) is 21.2. The molecule has 1 saturated heterocycles. The molecule has 2 aliphatic rings. The average molecular weight is 424 g/mol. The van der Waals surface area contributed by atoms with E-state index in [1.807, 2.05) is 4.90 Å². The van der Waals surface area contributed by atoms with Gasteiger partial charge in [0.15, 0.2) is 17.5 Å². The zero-order valence-electron chi connectivity index (χ0n) is 17.1. The maximum absolute atomic E-state index is 14.5. The first kappa shape index (κ1) is 19.7. The first-order valence-electron chi connectivity index (χ1n) is 10.8. The highest BCUT2D eigenvalue weighted by atomic mass is 19.1. The van der Waals surface area contributed by atoms with Gasteiger partial charge in [-0.25, -0.2) is 29.1 Å². The van der Waals surface area contributed by atoms with Crippen LogP contribution in [0.15, 0.2) is 24.9 Å². The minimum Gasteiger partial charge on any atom is -0.365 e. The minimum atomic E-state index is -0.497. The fourth-order valence-corrected chi connectivity index (χ4v) is 4.47. The molecule has 0 radical (unpaired) electrons. The van der Waals surface area contributed by atoms with Gasteiger partial charge in [0.2, 0.25) is 0 Å². The highest BCUT2D eigenvalue weighted by molar-refractivity contribution is 5.90. The molecule has 0 spiro atoms. The molecule has 5 rings (SSSR count). The lowest BCUT2D eigenvalue weighted by atomic mass is 9.91. The SMILES string of the molecule is O=C(N[C@H]1CCC[C@@H](Nc2nc(-c3c[nH]c4ncncc34)ncc2F)C1)N1CCCC1. The molecule has 2 fully saturated rings. The molecule has 0 aromatic carbocycles. The van der Waals surface area contributed by atoms with E-state index in [1.54, 1.807) is 12.4 Å². The molecule has 3 N–H and O–H groups in total. The van der Waals surface area contributed by atoms with Crippen molar-refractivity contribution in [2.75, 3.05) is 18.4 Å². The first-order valence-corrected chi connectivity index (χ1v) is 10.8. The van der Waals surface area contributed by atoms with Crippen molar-refractivity contribution in [2.24, 2.45) is 0 Å². The summed E-state index contributed by atoms with van der Waals surface area (Å²) in [4.78, 5) is 34.2. The summed E-state index contributed by atoms with van der Waals surface area (Å²) in [5, 5.41) is 7.17. The second-order valence-electron chi connectivity index (χ2n) is 8.23. The van der Waals surface area contributed by atoms with Gasteiger partial charge in [-0.2, -0.15) is 0 Å². The van der Waals surface area contributed by atoms with Crippen molar-refractivity contribution in [3.8, 4) is 11.4 Å². The number of aromatic nitrogens is 5. The molecule has 9 nitrogen and oxygen atoms in total. The van der Waals surface area contributed by atoms with Gasteiger partial charge in [-0.15, -0.1) is 0 Å². The van der Waals surface area contributed by atoms with Crippen LogP contribution in [0.25, 0.3) is 22.4 Å². The number of hydrogen-bond acceptors (Lipinski definition) is 6. The summed E-state index contributed by atoms with van der Waals surface area (Å²) >= 11 is 0. The third-order valence-corrected chi connectivity index (χ3v) is 6.08. The molecule has 3 aromatic rings. The number of carbonyl (C=O) groups is 1. The van der Waals surface area contributed by atoms with Crippen LogP contribution in [-0.4, -0.2) is 61.0 Å². The van der Waals surface area contributed by atoms with Crippen molar-refractivity contribution < 1.29 is 9.18 Å². The van der Waals surface area contributed by atoms with Gasteiger partial charge in [-0.3, -0.25) is 0 Å². The van der Waals surface area contributed by atoms with Crippen LogP contribution in [0.1, 0.15) is 38.5 Å². The molecule has 0 bridgehead atoms. The van der Waals surface area contributed by atoms with Crippen LogP contribution in [0.4, 0.5) is 15.0 Å². The minimum absolute atomic E-state index is 0.0141. The molecular weight excluding hydrogens is 399 g/mol. The zero-order valence-corrected chi connectivity index (χ0v) is 17.1. The van der Waals surface area contributed by atoms with Crippen molar-refractivity contribution >= 4 is 22.9 Å². The summed E-state index contributed by atoms with van der Waals surface area (Å²) in [5.74, 6) is 0.0791. The lowest BCUT2D eigenvalue weighted by molar-refractivity contribution is 0.199. The van der Waals surface area contributed by atoms with E-state index in [1.165, 1.54) is 12.5 Å². The van der Waals surface area contributed by atoms with Crippen molar-refractivity contribution in [3.05, 3.63) is 30.7 Å². The smallest absolute Gasteiger partial charge is 0.317 e. The molecule has 31 heavy (non-hydrogen) atoms. The Balaban J connectivity index is 1.29. The fraction of sp³-hybridized carbons (Fsp3) is 0.476. The predicted molar refractivity (Wildman–Crippen MR) is 114 cm³/mol. The number of nitrogens with one attached hydrogen (secondary N) is 3. The Kier molecular flexibility index (Phi) is 5.35. The third-order valence-electron chi connectivity index (χ3n) is 6.08. The number of nitrogens with zero attached hydrogens (tertiary/aromatic N) is 5. The standard InChI is InChI=1S/C21H25FN8O/c22-17-11-25-19(16-10-24-18-15(16)9-23-12-26-18)29-20(17)27-13-4-3-5-14(8-13)28-21(31)30-6-1-2-7-30/h9-14H,1-8H2,(H,28,31)(H,23,24,26)(H,25,27,29)/t13-,14+/m1/s1. The van der Waals surface area contributed by atoms with E-state index in [0.717, 1.165) is 62.6 Å². The van der Waals surface area contributed by atoms with Gasteiger partial charge in [0.1, 0.15) is 12.0 Å². The summed E-state index contributed by atoms with van der Waals surface area (Å²) < 4.78 is 14.5. The lowest BCUT2D eigenvalue weighted by Crippen LogP contribution is -2.47. The molecule has 4 heterocycles. The molecule has 1 aliphatic heterocycles. The largest absolute Gasteiger partial charge is 0.365 e. The number of fused-ring (bicyclic) bond motifs is 1. The van der Waals surface area contributed by atoms with Gasteiger partial charge in [0, 0.05) is 48.5 Å². The third kappa shape index (κ3) is 4.14. The maximum Gasteiger partial charge on any atom is 0.317 e. The number of halogens is 1. The van der Waals surface area contributed by atoms with Gasteiger partial charge in [0.05, 0.1) is 6.20 Å². The number of amides is 2. The van der Waals surface area contributed by atoms with E-state index in [4.69, 9.17) is 0 Å². The topological polar surface area (TPSA) is 112 Å². The van der Waals surface area contributed by atoms with Crippen molar-refractivity contribution in [2.45, 2.75) is 50.6 Å². The highest BCUT2D eigenvalue weighted by Crippen LogP contribution is 2.27. The Labute approximate surface area is 178 Å². The van der Waals surface area contributed by atoms with E-state index in [2.05, 4.69) is 35.6 Å². The van der Waals surface area contributed by atoms with Crippen LogP contribution in [-0.2, 0) is 0 Å². The molecular formula is C21H25FN8O. The van der Waals surface area contributed by atoms with Gasteiger partial charge >= 0.3 is 6.03 Å². The van der Waals surface area contributed by atoms with Gasteiger partial charge in [-0.05, 0) is 38.5 Å². The van der Waals surface area contributed by atoms with E-state index in [-0.39, 0.29) is 23.9 Å². The summed E-state index contributed by atoms with van der Waals surface area (Å²) in [6.07, 6.45) is 11.7. The van der Waals surface area contributed by atoms with Crippen molar-refractivity contribution in [1.29, 1.82) is 0 Å². The normalized spacial score (nSPS) is 21.4. The summed E-state index contributed by atoms with van der Waals surface area (Å²) in [6, 6.07) is 0.121. The van der Waals surface area contributed by atoms with Crippen LogP contribution >= 0.6 is 0 Å².